The first-order valence-corrected chi connectivity index (χ1v) is 7.10. The van der Waals surface area contributed by atoms with E-state index in [9.17, 15) is 5.11 Å². The molecule has 0 aliphatic carbocycles. The average molecular weight is 242 g/mol. The van der Waals surface area contributed by atoms with Gasteiger partial charge in [-0.25, -0.2) is 0 Å². The standard InChI is InChI=1S/C14H30N2O/c1-11(2)7-15-8-14(17)10-16-6-5-13(9-16)12(3)4/h11-15,17H,5-10H2,1-4H3. The topological polar surface area (TPSA) is 35.5 Å². The van der Waals surface area contributed by atoms with Crippen LogP contribution in [0, 0.1) is 17.8 Å². The normalized spacial score (nSPS) is 23.8. The third-order valence-corrected chi connectivity index (χ3v) is 3.65. The number of aliphatic hydroxyl groups is 1. The molecule has 3 heteroatoms. The number of likely N-dealkylation sites (tertiary alicyclic amines) is 1. The molecule has 1 aliphatic heterocycles. The lowest BCUT2D eigenvalue weighted by Crippen LogP contribution is -2.38. The molecular weight excluding hydrogens is 212 g/mol. The molecule has 1 heterocycles. The van der Waals surface area contributed by atoms with Crippen LogP contribution in [0.25, 0.3) is 0 Å². The maximum absolute atomic E-state index is 9.94. The summed E-state index contributed by atoms with van der Waals surface area (Å²) in [5, 5.41) is 13.3. The number of hydrogen-bond acceptors (Lipinski definition) is 3. The van der Waals surface area contributed by atoms with Gasteiger partial charge >= 0.3 is 0 Å². The Bertz CT molecular complexity index is 206. The Balaban J connectivity index is 2.13. The van der Waals surface area contributed by atoms with Crippen LogP contribution in [-0.4, -0.2) is 48.8 Å². The van der Waals surface area contributed by atoms with Gasteiger partial charge < -0.3 is 15.3 Å². The predicted octanol–water partition coefficient (Wildman–Crippen LogP) is 1.57. The number of nitrogens with one attached hydrogen (secondary N) is 1. The van der Waals surface area contributed by atoms with E-state index in [-0.39, 0.29) is 6.10 Å². The van der Waals surface area contributed by atoms with Gasteiger partial charge in [0.2, 0.25) is 0 Å². The summed E-state index contributed by atoms with van der Waals surface area (Å²) < 4.78 is 0. The van der Waals surface area contributed by atoms with Crippen LogP contribution in [0.3, 0.4) is 0 Å². The van der Waals surface area contributed by atoms with Crippen molar-refractivity contribution in [3.63, 3.8) is 0 Å². The fraction of sp³-hybridized carbons (Fsp3) is 1.00. The largest absolute Gasteiger partial charge is 0.390 e. The molecule has 1 fully saturated rings. The monoisotopic (exact) mass is 242 g/mol. The highest BCUT2D eigenvalue weighted by atomic mass is 16.3. The molecule has 2 N–H and O–H groups in total. The molecule has 1 rings (SSSR count). The van der Waals surface area contributed by atoms with E-state index in [4.69, 9.17) is 0 Å². The first-order chi connectivity index (χ1) is 7.99. The van der Waals surface area contributed by atoms with Crippen LogP contribution < -0.4 is 5.32 Å². The summed E-state index contributed by atoms with van der Waals surface area (Å²) in [6.07, 6.45) is 1.07. The van der Waals surface area contributed by atoms with Crippen LogP contribution in [0.2, 0.25) is 0 Å². The molecule has 2 unspecified atom stereocenters. The van der Waals surface area contributed by atoms with Crippen molar-refractivity contribution in [3.8, 4) is 0 Å². The second kappa shape index (κ2) is 7.34. The summed E-state index contributed by atoms with van der Waals surface area (Å²) in [4.78, 5) is 2.41. The van der Waals surface area contributed by atoms with E-state index in [1.165, 1.54) is 13.0 Å². The van der Waals surface area contributed by atoms with Crippen molar-refractivity contribution in [2.24, 2.45) is 17.8 Å². The molecule has 102 valence electrons. The van der Waals surface area contributed by atoms with Crippen molar-refractivity contribution >= 4 is 0 Å². The summed E-state index contributed by atoms with van der Waals surface area (Å²) in [6.45, 7) is 13.8. The van der Waals surface area contributed by atoms with E-state index in [2.05, 4.69) is 37.9 Å². The van der Waals surface area contributed by atoms with Gasteiger partial charge in [-0.1, -0.05) is 27.7 Å². The van der Waals surface area contributed by atoms with Gasteiger partial charge in [0.05, 0.1) is 6.10 Å². The Morgan fingerprint density at radius 1 is 1.24 bits per heavy atom. The van der Waals surface area contributed by atoms with Gasteiger partial charge in [0.15, 0.2) is 0 Å². The van der Waals surface area contributed by atoms with E-state index in [1.807, 2.05) is 0 Å². The Labute approximate surface area is 107 Å². The molecule has 0 aromatic carbocycles. The summed E-state index contributed by atoms with van der Waals surface area (Å²) in [6, 6.07) is 0. The Hall–Kier alpha value is -0.120. The maximum Gasteiger partial charge on any atom is 0.0791 e. The molecule has 1 saturated heterocycles. The zero-order valence-corrected chi connectivity index (χ0v) is 11.9. The molecular formula is C14H30N2O. The molecule has 0 amide bonds. The van der Waals surface area contributed by atoms with Gasteiger partial charge in [-0.15, -0.1) is 0 Å². The van der Waals surface area contributed by atoms with Crippen LogP contribution >= 0.6 is 0 Å². The summed E-state index contributed by atoms with van der Waals surface area (Å²) >= 11 is 0. The van der Waals surface area contributed by atoms with Crippen molar-refractivity contribution in [1.29, 1.82) is 0 Å². The SMILES string of the molecule is CC(C)CNCC(O)CN1CCC(C(C)C)C1. The molecule has 0 saturated carbocycles. The van der Waals surface area contributed by atoms with Crippen molar-refractivity contribution in [3.05, 3.63) is 0 Å². The molecule has 17 heavy (non-hydrogen) atoms. The molecule has 0 aromatic heterocycles. The lowest BCUT2D eigenvalue weighted by Gasteiger charge is -2.21. The Kier molecular flexibility index (Phi) is 6.45. The van der Waals surface area contributed by atoms with Gasteiger partial charge in [-0.3, -0.25) is 0 Å². The van der Waals surface area contributed by atoms with Crippen LogP contribution in [0.15, 0.2) is 0 Å². The molecule has 0 aromatic rings. The Morgan fingerprint density at radius 3 is 2.47 bits per heavy atom. The van der Waals surface area contributed by atoms with E-state index in [0.717, 1.165) is 38.0 Å². The maximum atomic E-state index is 9.94. The minimum absolute atomic E-state index is 0.223. The van der Waals surface area contributed by atoms with E-state index >= 15 is 0 Å². The van der Waals surface area contributed by atoms with E-state index < -0.39 is 0 Å². The first-order valence-electron chi connectivity index (χ1n) is 7.10. The van der Waals surface area contributed by atoms with Crippen LogP contribution in [0.1, 0.15) is 34.1 Å². The second-order valence-corrected chi connectivity index (χ2v) is 6.26. The van der Waals surface area contributed by atoms with Crippen molar-refractivity contribution in [2.45, 2.75) is 40.2 Å². The van der Waals surface area contributed by atoms with Gasteiger partial charge in [0, 0.05) is 19.6 Å². The molecule has 3 nitrogen and oxygen atoms in total. The quantitative estimate of drug-likeness (QED) is 0.711. The molecule has 2 atom stereocenters. The Morgan fingerprint density at radius 2 is 1.94 bits per heavy atom. The number of rotatable bonds is 7. The molecule has 0 spiro atoms. The number of aliphatic hydroxyl groups excluding tert-OH is 1. The lowest BCUT2D eigenvalue weighted by molar-refractivity contribution is 0.119. The fourth-order valence-electron chi connectivity index (χ4n) is 2.47. The van der Waals surface area contributed by atoms with Gasteiger partial charge in [0.1, 0.15) is 0 Å². The zero-order valence-electron chi connectivity index (χ0n) is 11.9. The van der Waals surface area contributed by atoms with Gasteiger partial charge in [-0.05, 0) is 37.3 Å². The average Bonchev–Trinajstić information content (AvgIpc) is 2.65. The van der Waals surface area contributed by atoms with Crippen molar-refractivity contribution in [2.75, 3.05) is 32.7 Å². The smallest absolute Gasteiger partial charge is 0.0791 e. The summed E-state index contributed by atoms with van der Waals surface area (Å²) in [5.74, 6) is 2.25. The highest BCUT2D eigenvalue weighted by molar-refractivity contribution is 4.79. The number of β-amino-alcohol motifs (C(OH)–C–C–N with tert-alkyl or cyclic N) is 1. The van der Waals surface area contributed by atoms with Gasteiger partial charge in [-0.2, -0.15) is 0 Å². The van der Waals surface area contributed by atoms with Crippen molar-refractivity contribution < 1.29 is 5.11 Å². The molecule has 0 radical (unpaired) electrons. The second-order valence-electron chi connectivity index (χ2n) is 6.26. The minimum atomic E-state index is -0.223. The van der Waals surface area contributed by atoms with Crippen molar-refractivity contribution in [1.82, 2.24) is 10.2 Å². The highest BCUT2D eigenvalue weighted by Gasteiger charge is 2.25. The first kappa shape index (κ1) is 14.9. The fourth-order valence-corrected chi connectivity index (χ4v) is 2.47. The molecule has 0 bridgehead atoms. The van der Waals surface area contributed by atoms with Crippen LogP contribution in [0.4, 0.5) is 0 Å². The third kappa shape index (κ3) is 5.84. The van der Waals surface area contributed by atoms with Crippen LogP contribution in [-0.2, 0) is 0 Å². The van der Waals surface area contributed by atoms with Gasteiger partial charge in [0.25, 0.3) is 0 Å². The third-order valence-electron chi connectivity index (χ3n) is 3.65. The summed E-state index contributed by atoms with van der Waals surface area (Å²) in [5.41, 5.74) is 0. The lowest BCUT2D eigenvalue weighted by atomic mass is 9.95. The van der Waals surface area contributed by atoms with Crippen LogP contribution in [0.5, 0.6) is 0 Å². The summed E-state index contributed by atoms with van der Waals surface area (Å²) in [7, 11) is 0. The highest BCUT2D eigenvalue weighted by Crippen LogP contribution is 2.23. The van der Waals surface area contributed by atoms with E-state index in [1.54, 1.807) is 0 Å². The molecule has 1 aliphatic rings. The zero-order chi connectivity index (χ0) is 12.8. The predicted molar refractivity (Wildman–Crippen MR) is 73.1 cm³/mol. The number of nitrogens with zero attached hydrogens (tertiary/aromatic N) is 1. The minimum Gasteiger partial charge on any atom is -0.390 e. The van der Waals surface area contributed by atoms with E-state index in [0.29, 0.717) is 5.92 Å². The number of hydrogen-bond donors (Lipinski definition) is 2.